The van der Waals surface area contributed by atoms with Gasteiger partial charge in [-0.05, 0) is 19.4 Å². The van der Waals surface area contributed by atoms with Gasteiger partial charge >= 0.3 is 5.97 Å². The first-order valence-corrected chi connectivity index (χ1v) is 8.52. The highest BCUT2D eigenvalue weighted by molar-refractivity contribution is 7.13. The lowest BCUT2D eigenvalue weighted by molar-refractivity contribution is -0.160. The molecule has 0 saturated carbocycles. The molecule has 3 rings (SSSR count). The normalized spacial score (nSPS) is 20.8. The maximum atomic E-state index is 12.7. The van der Waals surface area contributed by atoms with Gasteiger partial charge in [0.1, 0.15) is 10.7 Å². The Labute approximate surface area is 143 Å². The summed E-state index contributed by atoms with van der Waals surface area (Å²) in [6.45, 7) is 4.16. The van der Waals surface area contributed by atoms with E-state index in [0.29, 0.717) is 12.2 Å². The Morgan fingerprint density at radius 3 is 2.79 bits per heavy atom. The van der Waals surface area contributed by atoms with Crippen LogP contribution in [0.1, 0.15) is 23.0 Å². The van der Waals surface area contributed by atoms with E-state index >= 15 is 0 Å². The SMILES string of the molecule is Cc1ccccc1-c1nc(C(=O)N2CC(C(=O)O)O[C@H](C)C2)cs1. The zero-order chi connectivity index (χ0) is 17.3. The second-order valence-corrected chi connectivity index (χ2v) is 6.69. The van der Waals surface area contributed by atoms with Crippen LogP contribution in [-0.2, 0) is 9.53 Å². The van der Waals surface area contributed by atoms with Gasteiger partial charge in [-0.15, -0.1) is 11.3 Å². The molecule has 24 heavy (non-hydrogen) atoms. The molecule has 1 N–H and O–H groups in total. The molecule has 0 spiro atoms. The number of amides is 1. The van der Waals surface area contributed by atoms with Crippen LogP contribution in [0.2, 0.25) is 0 Å². The molecule has 2 heterocycles. The van der Waals surface area contributed by atoms with E-state index in [9.17, 15) is 9.59 Å². The summed E-state index contributed by atoms with van der Waals surface area (Å²) in [5.41, 5.74) is 2.44. The number of carbonyl (C=O) groups excluding carboxylic acids is 1. The van der Waals surface area contributed by atoms with Crippen molar-refractivity contribution in [3.63, 3.8) is 0 Å². The van der Waals surface area contributed by atoms with Crippen LogP contribution in [0.15, 0.2) is 29.6 Å². The maximum Gasteiger partial charge on any atom is 0.334 e. The predicted octanol–water partition coefficient (Wildman–Crippen LogP) is 2.43. The van der Waals surface area contributed by atoms with E-state index < -0.39 is 12.1 Å². The van der Waals surface area contributed by atoms with Crippen molar-refractivity contribution in [3.05, 3.63) is 40.9 Å². The molecule has 1 saturated heterocycles. The summed E-state index contributed by atoms with van der Waals surface area (Å²) in [6.07, 6.45) is -1.31. The van der Waals surface area contributed by atoms with Gasteiger partial charge in [-0.3, -0.25) is 4.79 Å². The lowest BCUT2D eigenvalue weighted by atomic mass is 10.1. The molecule has 1 aromatic carbocycles. The van der Waals surface area contributed by atoms with E-state index in [-0.39, 0.29) is 18.6 Å². The molecular formula is C17H18N2O4S. The zero-order valence-corrected chi connectivity index (χ0v) is 14.2. The number of nitrogens with zero attached hydrogens (tertiary/aromatic N) is 2. The van der Waals surface area contributed by atoms with Crippen LogP contribution in [0.3, 0.4) is 0 Å². The van der Waals surface area contributed by atoms with Gasteiger partial charge in [-0.1, -0.05) is 24.3 Å². The van der Waals surface area contributed by atoms with E-state index in [4.69, 9.17) is 9.84 Å². The number of rotatable bonds is 3. The Morgan fingerprint density at radius 1 is 1.33 bits per heavy atom. The van der Waals surface area contributed by atoms with Crippen molar-refractivity contribution in [2.75, 3.05) is 13.1 Å². The van der Waals surface area contributed by atoms with Gasteiger partial charge in [-0.2, -0.15) is 0 Å². The number of thiazole rings is 1. The molecule has 7 heteroatoms. The number of morpholine rings is 1. The van der Waals surface area contributed by atoms with Gasteiger partial charge in [0.05, 0.1) is 12.6 Å². The Kier molecular flexibility index (Phi) is 4.64. The van der Waals surface area contributed by atoms with Gasteiger partial charge in [0.25, 0.3) is 5.91 Å². The molecule has 1 aliphatic rings. The first-order valence-electron chi connectivity index (χ1n) is 7.64. The summed E-state index contributed by atoms with van der Waals surface area (Å²) in [7, 11) is 0. The molecule has 1 aromatic heterocycles. The van der Waals surface area contributed by atoms with Crippen molar-refractivity contribution >= 4 is 23.2 Å². The molecule has 0 bridgehead atoms. The number of carbonyl (C=O) groups is 2. The van der Waals surface area contributed by atoms with Gasteiger partial charge in [0, 0.05) is 17.5 Å². The number of carboxylic acids is 1. The van der Waals surface area contributed by atoms with Crippen LogP contribution < -0.4 is 0 Å². The average Bonchev–Trinajstić information content (AvgIpc) is 3.03. The van der Waals surface area contributed by atoms with Gasteiger partial charge in [-0.25, -0.2) is 9.78 Å². The number of aromatic nitrogens is 1. The summed E-state index contributed by atoms with van der Waals surface area (Å²) in [6, 6.07) is 7.87. The van der Waals surface area contributed by atoms with Crippen molar-refractivity contribution in [1.82, 2.24) is 9.88 Å². The predicted molar refractivity (Wildman–Crippen MR) is 90.2 cm³/mol. The molecule has 1 fully saturated rings. The fourth-order valence-corrected chi connectivity index (χ4v) is 3.61. The van der Waals surface area contributed by atoms with Crippen LogP contribution in [0, 0.1) is 6.92 Å². The minimum atomic E-state index is -1.06. The third-order valence-corrected chi connectivity index (χ3v) is 4.80. The van der Waals surface area contributed by atoms with Crippen molar-refractivity contribution in [3.8, 4) is 10.6 Å². The minimum Gasteiger partial charge on any atom is -0.479 e. The molecule has 0 radical (unpaired) electrons. The molecule has 1 aliphatic heterocycles. The summed E-state index contributed by atoms with van der Waals surface area (Å²) in [5, 5.41) is 11.6. The van der Waals surface area contributed by atoms with Crippen molar-refractivity contribution in [2.24, 2.45) is 0 Å². The monoisotopic (exact) mass is 346 g/mol. The second-order valence-electron chi connectivity index (χ2n) is 5.84. The highest BCUT2D eigenvalue weighted by atomic mass is 32.1. The van der Waals surface area contributed by atoms with Crippen LogP contribution >= 0.6 is 11.3 Å². The van der Waals surface area contributed by atoms with Crippen molar-refractivity contribution in [1.29, 1.82) is 0 Å². The fraction of sp³-hybridized carbons (Fsp3) is 0.353. The minimum absolute atomic E-state index is 0.0374. The number of benzene rings is 1. The van der Waals surface area contributed by atoms with E-state index in [2.05, 4.69) is 4.98 Å². The average molecular weight is 346 g/mol. The molecule has 2 atom stereocenters. The van der Waals surface area contributed by atoms with Crippen molar-refractivity contribution < 1.29 is 19.4 Å². The number of carboxylic acid groups (broad SMARTS) is 1. The number of ether oxygens (including phenoxy) is 1. The summed E-state index contributed by atoms with van der Waals surface area (Å²) >= 11 is 1.41. The summed E-state index contributed by atoms with van der Waals surface area (Å²) in [5.74, 6) is -1.31. The molecule has 126 valence electrons. The molecule has 1 unspecified atom stereocenters. The molecular weight excluding hydrogens is 328 g/mol. The van der Waals surface area contributed by atoms with E-state index in [1.54, 1.807) is 12.3 Å². The summed E-state index contributed by atoms with van der Waals surface area (Å²) < 4.78 is 5.34. The third kappa shape index (κ3) is 3.32. The standard InChI is InChI=1S/C17H18N2O4S/c1-10-5-3-4-6-12(10)15-18-13(9-24-15)16(20)19-7-11(2)23-14(8-19)17(21)22/h3-6,9,11,14H,7-8H2,1-2H3,(H,21,22)/t11-,14?/m1/s1. The number of aliphatic carboxylic acids is 1. The molecule has 1 amide bonds. The van der Waals surface area contributed by atoms with Crippen molar-refractivity contribution in [2.45, 2.75) is 26.1 Å². The Morgan fingerprint density at radius 2 is 2.08 bits per heavy atom. The lowest BCUT2D eigenvalue weighted by Crippen LogP contribution is -2.51. The topological polar surface area (TPSA) is 79.7 Å². The highest BCUT2D eigenvalue weighted by Gasteiger charge is 2.33. The largest absolute Gasteiger partial charge is 0.479 e. The summed E-state index contributed by atoms with van der Waals surface area (Å²) in [4.78, 5) is 29.8. The van der Waals surface area contributed by atoms with E-state index in [1.807, 2.05) is 31.2 Å². The molecule has 6 nitrogen and oxygen atoms in total. The fourth-order valence-electron chi connectivity index (χ4n) is 2.72. The molecule has 2 aromatic rings. The zero-order valence-electron chi connectivity index (χ0n) is 13.4. The quantitative estimate of drug-likeness (QED) is 0.923. The highest BCUT2D eigenvalue weighted by Crippen LogP contribution is 2.27. The number of aryl methyl sites for hydroxylation is 1. The van der Waals surface area contributed by atoms with E-state index in [1.165, 1.54) is 16.2 Å². The van der Waals surface area contributed by atoms with Crippen LogP contribution in [0.5, 0.6) is 0 Å². The van der Waals surface area contributed by atoms with E-state index in [0.717, 1.165) is 16.1 Å². The first-order chi connectivity index (χ1) is 11.5. The maximum absolute atomic E-state index is 12.7. The Hall–Kier alpha value is -2.25. The van der Waals surface area contributed by atoms with Crippen LogP contribution in [0.4, 0.5) is 0 Å². The Bertz CT molecular complexity index is 773. The van der Waals surface area contributed by atoms with Gasteiger partial charge in [0.15, 0.2) is 6.10 Å². The first kappa shape index (κ1) is 16.6. The lowest BCUT2D eigenvalue weighted by Gasteiger charge is -2.34. The van der Waals surface area contributed by atoms with Gasteiger partial charge < -0.3 is 14.7 Å². The number of hydrogen-bond acceptors (Lipinski definition) is 5. The smallest absolute Gasteiger partial charge is 0.334 e. The van der Waals surface area contributed by atoms with Crippen LogP contribution in [0.25, 0.3) is 10.6 Å². The molecule has 0 aliphatic carbocycles. The second kappa shape index (κ2) is 6.70. The van der Waals surface area contributed by atoms with Gasteiger partial charge in [0.2, 0.25) is 0 Å². The number of hydrogen-bond donors (Lipinski definition) is 1. The Balaban J connectivity index is 1.81. The van der Waals surface area contributed by atoms with Crippen LogP contribution in [-0.4, -0.2) is 52.2 Å². The third-order valence-electron chi connectivity index (χ3n) is 3.92.